The predicted molar refractivity (Wildman–Crippen MR) is 132 cm³/mol. The van der Waals surface area contributed by atoms with Crippen molar-refractivity contribution in [1.82, 2.24) is 4.72 Å². The van der Waals surface area contributed by atoms with Gasteiger partial charge in [0.1, 0.15) is 6.04 Å². The summed E-state index contributed by atoms with van der Waals surface area (Å²) in [4.78, 5) is 25.7. The Bertz CT molecular complexity index is 1230. The molecule has 0 heterocycles. The summed E-state index contributed by atoms with van der Waals surface area (Å²) in [6.07, 6.45) is -0.347. The maximum absolute atomic E-state index is 12.8. The molecule has 1 atom stereocenters. The third-order valence-corrected chi connectivity index (χ3v) is 6.68. The first-order valence-corrected chi connectivity index (χ1v) is 12.1. The van der Waals surface area contributed by atoms with E-state index in [-0.39, 0.29) is 17.7 Å². The topological polar surface area (TPSA) is 116 Å². The standard InChI is InChI=1S/C25H27N3O5S/c1-28(2)21-12-8-18(9-13-21)19-10-14-22(15-11-19)34(32,33)27-23(25(30)31)16-17-24(29)26-20-6-4-3-5-7-20/h3-15,23,27H,16-17H2,1-2H3,(H,26,29)(H,30,31). The van der Waals surface area contributed by atoms with Crippen molar-refractivity contribution in [2.45, 2.75) is 23.8 Å². The largest absolute Gasteiger partial charge is 0.480 e. The van der Waals surface area contributed by atoms with Crippen LogP contribution in [0, 0.1) is 0 Å². The quantitative estimate of drug-likeness (QED) is 0.408. The number of para-hydroxylation sites is 1. The summed E-state index contributed by atoms with van der Waals surface area (Å²) in [7, 11) is -0.205. The summed E-state index contributed by atoms with van der Waals surface area (Å²) in [6.45, 7) is 0. The molecule has 0 radical (unpaired) electrons. The summed E-state index contributed by atoms with van der Waals surface area (Å²) >= 11 is 0. The SMILES string of the molecule is CN(C)c1ccc(-c2ccc(S(=O)(=O)NC(CCC(=O)Nc3ccccc3)C(=O)O)cc2)cc1. The molecule has 0 aliphatic heterocycles. The number of nitrogens with zero attached hydrogens (tertiary/aromatic N) is 1. The highest BCUT2D eigenvalue weighted by Gasteiger charge is 2.26. The molecule has 0 aliphatic rings. The van der Waals surface area contributed by atoms with Gasteiger partial charge in [0, 0.05) is 31.9 Å². The van der Waals surface area contributed by atoms with Crippen LogP contribution in [0.3, 0.4) is 0 Å². The van der Waals surface area contributed by atoms with Crippen molar-refractivity contribution in [2.75, 3.05) is 24.3 Å². The molecule has 3 N–H and O–H groups in total. The molecule has 1 amide bonds. The Morgan fingerprint density at radius 3 is 1.97 bits per heavy atom. The Morgan fingerprint density at radius 1 is 0.882 bits per heavy atom. The van der Waals surface area contributed by atoms with Crippen LogP contribution in [-0.4, -0.2) is 45.5 Å². The van der Waals surface area contributed by atoms with E-state index >= 15 is 0 Å². The third kappa shape index (κ3) is 6.66. The van der Waals surface area contributed by atoms with Gasteiger partial charge in [-0.2, -0.15) is 4.72 Å². The van der Waals surface area contributed by atoms with Crippen molar-refractivity contribution < 1.29 is 23.1 Å². The number of carboxylic acid groups (broad SMARTS) is 1. The smallest absolute Gasteiger partial charge is 0.321 e. The van der Waals surface area contributed by atoms with Crippen molar-refractivity contribution >= 4 is 33.3 Å². The van der Waals surface area contributed by atoms with E-state index in [1.54, 1.807) is 42.5 Å². The molecular formula is C25H27N3O5S. The number of aliphatic carboxylic acids is 1. The van der Waals surface area contributed by atoms with Crippen LogP contribution in [0.2, 0.25) is 0 Å². The van der Waals surface area contributed by atoms with Gasteiger partial charge in [0.05, 0.1) is 4.90 Å². The molecule has 9 heteroatoms. The molecular weight excluding hydrogens is 454 g/mol. The Kier molecular flexibility index (Phi) is 8.04. The monoisotopic (exact) mass is 481 g/mol. The second-order valence-corrected chi connectivity index (χ2v) is 9.64. The normalized spacial score (nSPS) is 12.1. The number of sulfonamides is 1. The van der Waals surface area contributed by atoms with Crippen molar-refractivity contribution in [3.05, 3.63) is 78.9 Å². The number of amides is 1. The number of hydrogen-bond donors (Lipinski definition) is 3. The molecule has 0 aliphatic carbocycles. The van der Waals surface area contributed by atoms with Gasteiger partial charge >= 0.3 is 5.97 Å². The first-order chi connectivity index (χ1) is 16.2. The minimum absolute atomic E-state index is 0.0545. The van der Waals surface area contributed by atoms with Gasteiger partial charge in [0.25, 0.3) is 0 Å². The van der Waals surface area contributed by atoms with E-state index < -0.39 is 27.9 Å². The first kappa shape index (κ1) is 24.9. The molecule has 3 aromatic rings. The molecule has 0 spiro atoms. The highest BCUT2D eigenvalue weighted by molar-refractivity contribution is 7.89. The van der Waals surface area contributed by atoms with E-state index in [4.69, 9.17) is 0 Å². The van der Waals surface area contributed by atoms with Gasteiger partial charge in [-0.15, -0.1) is 0 Å². The zero-order valence-corrected chi connectivity index (χ0v) is 19.7. The Morgan fingerprint density at radius 2 is 1.44 bits per heavy atom. The average Bonchev–Trinajstić information content (AvgIpc) is 2.82. The molecule has 0 saturated heterocycles. The van der Waals surface area contributed by atoms with Crippen LogP contribution in [0.5, 0.6) is 0 Å². The molecule has 0 saturated carbocycles. The Labute approximate surface area is 199 Å². The lowest BCUT2D eigenvalue weighted by Crippen LogP contribution is -2.41. The van der Waals surface area contributed by atoms with E-state index in [0.29, 0.717) is 5.69 Å². The zero-order valence-electron chi connectivity index (χ0n) is 18.9. The molecule has 0 aromatic heterocycles. The molecule has 0 fully saturated rings. The third-order valence-electron chi connectivity index (χ3n) is 5.19. The van der Waals surface area contributed by atoms with E-state index in [9.17, 15) is 23.1 Å². The van der Waals surface area contributed by atoms with Crippen LogP contribution >= 0.6 is 0 Å². The van der Waals surface area contributed by atoms with Crippen LogP contribution in [0.25, 0.3) is 11.1 Å². The Hall–Kier alpha value is -3.69. The van der Waals surface area contributed by atoms with Crippen LogP contribution in [0.4, 0.5) is 11.4 Å². The zero-order chi connectivity index (χ0) is 24.7. The lowest BCUT2D eigenvalue weighted by Gasteiger charge is -2.15. The summed E-state index contributed by atoms with van der Waals surface area (Å²) in [5.41, 5.74) is 3.38. The van der Waals surface area contributed by atoms with Crippen molar-refractivity contribution in [1.29, 1.82) is 0 Å². The van der Waals surface area contributed by atoms with E-state index in [2.05, 4.69) is 10.0 Å². The van der Waals surface area contributed by atoms with E-state index in [1.807, 2.05) is 43.3 Å². The van der Waals surface area contributed by atoms with Gasteiger partial charge in [-0.1, -0.05) is 42.5 Å². The molecule has 178 valence electrons. The van der Waals surface area contributed by atoms with E-state index in [0.717, 1.165) is 16.8 Å². The maximum atomic E-state index is 12.8. The fraction of sp³-hybridized carbons (Fsp3) is 0.200. The summed E-state index contributed by atoms with van der Waals surface area (Å²) in [5, 5.41) is 12.1. The number of nitrogens with one attached hydrogen (secondary N) is 2. The van der Waals surface area contributed by atoms with Crippen molar-refractivity contribution in [3.8, 4) is 11.1 Å². The van der Waals surface area contributed by atoms with Gasteiger partial charge in [-0.3, -0.25) is 9.59 Å². The highest BCUT2D eigenvalue weighted by Crippen LogP contribution is 2.24. The molecule has 3 rings (SSSR count). The first-order valence-electron chi connectivity index (χ1n) is 10.6. The second kappa shape index (κ2) is 11.0. The Balaban J connectivity index is 1.65. The van der Waals surface area contributed by atoms with E-state index in [1.165, 1.54) is 12.1 Å². The summed E-state index contributed by atoms with van der Waals surface area (Å²) in [5.74, 6) is -1.75. The fourth-order valence-electron chi connectivity index (χ4n) is 3.29. The number of carboxylic acids is 1. The number of anilines is 2. The highest BCUT2D eigenvalue weighted by atomic mass is 32.2. The molecule has 34 heavy (non-hydrogen) atoms. The number of benzene rings is 3. The molecule has 8 nitrogen and oxygen atoms in total. The number of hydrogen-bond acceptors (Lipinski definition) is 5. The van der Waals surface area contributed by atoms with Gasteiger partial charge in [0.2, 0.25) is 15.9 Å². The molecule has 3 aromatic carbocycles. The predicted octanol–water partition coefficient (Wildman–Crippen LogP) is 3.57. The second-order valence-electron chi connectivity index (χ2n) is 7.93. The van der Waals surface area contributed by atoms with Crippen LogP contribution < -0.4 is 14.9 Å². The minimum atomic E-state index is -4.10. The minimum Gasteiger partial charge on any atom is -0.480 e. The van der Waals surface area contributed by atoms with Gasteiger partial charge < -0.3 is 15.3 Å². The lowest BCUT2D eigenvalue weighted by atomic mass is 10.1. The number of rotatable bonds is 10. The van der Waals surface area contributed by atoms with Crippen LogP contribution in [0.1, 0.15) is 12.8 Å². The van der Waals surface area contributed by atoms with Crippen LogP contribution in [-0.2, 0) is 19.6 Å². The van der Waals surface area contributed by atoms with Crippen molar-refractivity contribution in [3.63, 3.8) is 0 Å². The number of carbonyl (C=O) groups excluding carboxylic acids is 1. The van der Waals surface area contributed by atoms with Crippen molar-refractivity contribution in [2.24, 2.45) is 0 Å². The lowest BCUT2D eigenvalue weighted by molar-refractivity contribution is -0.139. The fourth-order valence-corrected chi connectivity index (χ4v) is 4.51. The summed E-state index contributed by atoms with van der Waals surface area (Å²) < 4.78 is 27.7. The summed E-state index contributed by atoms with van der Waals surface area (Å²) in [6, 6.07) is 21.3. The van der Waals surface area contributed by atoms with Gasteiger partial charge in [-0.25, -0.2) is 8.42 Å². The van der Waals surface area contributed by atoms with Crippen LogP contribution in [0.15, 0.2) is 83.8 Å². The average molecular weight is 482 g/mol. The number of carbonyl (C=O) groups is 2. The van der Waals surface area contributed by atoms with Gasteiger partial charge in [0.15, 0.2) is 0 Å². The molecule has 0 bridgehead atoms. The van der Waals surface area contributed by atoms with Gasteiger partial charge in [-0.05, 0) is 53.9 Å². The maximum Gasteiger partial charge on any atom is 0.321 e. The molecule has 1 unspecified atom stereocenters.